The van der Waals surface area contributed by atoms with Gasteiger partial charge in [-0.1, -0.05) is 29.8 Å². The summed E-state index contributed by atoms with van der Waals surface area (Å²) in [6.45, 7) is 8.79. The number of aromatic amines is 2. The zero-order valence-corrected chi connectivity index (χ0v) is 27.6. The van der Waals surface area contributed by atoms with E-state index in [2.05, 4.69) is 31.0 Å². The molecule has 242 valence electrons. The zero-order valence-electron chi connectivity index (χ0n) is 26.9. The average Bonchev–Trinajstić information content (AvgIpc) is 3.74. The lowest BCUT2D eigenvalue weighted by Gasteiger charge is -2.34. The summed E-state index contributed by atoms with van der Waals surface area (Å²) in [7, 11) is 0. The number of nitrogens with one attached hydrogen (secondary N) is 2. The molecule has 2 atom stereocenters. The molecule has 0 aliphatic carbocycles. The second-order valence-electron chi connectivity index (χ2n) is 12.7. The highest BCUT2D eigenvalue weighted by molar-refractivity contribution is 6.37. The number of amides is 2. The van der Waals surface area contributed by atoms with Crippen molar-refractivity contribution in [1.82, 2.24) is 39.7 Å². The third kappa shape index (κ3) is 4.75. The van der Waals surface area contributed by atoms with E-state index in [9.17, 15) is 14.0 Å². The highest BCUT2D eigenvalue weighted by atomic mass is 35.5. The van der Waals surface area contributed by atoms with Gasteiger partial charge < -0.3 is 19.8 Å². The molecule has 6 aromatic rings. The quantitative estimate of drug-likeness (QED) is 0.214. The number of carbonyl (C=O) groups excluding carboxylic acids is 2. The summed E-state index contributed by atoms with van der Waals surface area (Å²) in [5, 5.41) is 0.400. The molecule has 8 rings (SSSR count). The summed E-state index contributed by atoms with van der Waals surface area (Å²) in [6, 6.07) is 10.4. The first-order valence-electron chi connectivity index (χ1n) is 16.0. The predicted octanol–water partition coefficient (Wildman–Crippen LogP) is 6.82. The van der Waals surface area contributed by atoms with Crippen LogP contribution in [0.1, 0.15) is 80.8 Å². The van der Waals surface area contributed by atoms with Crippen molar-refractivity contribution in [2.75, 3.05) is 13.1 Å². The van der Waals surface area contributed by atoms with Crippen molar-refractivity contribution in [1.29, 1.82) is 0 Å². The van der Waals surface area contributed by atoms with Crippen LogP contribution in [-0.4, -0.2) is 64.6 Å². The van der Waals surface area contributed by atoms with Crippen LogP contribution in [0.15, 0.2) is 48.8 Å². The van der Waals surface area contributed by atoms with Gasteiger partial charge in [0.25, 0.3) is 11.8 Å². The SMILES string of the molecule is Cc1cnc2c(c1)C(C)N(C(=O)c1nc3c(Cl)c(-c4cnc5c(c4)[C@@H](C)N(C(=O)c4nc6c(C)ccc(F)c6[nH]4)CC5)ccc3[nH]1)CC2. The molecule has 2 aliphatic heterocycles. The summed E-state index contributed by atoms with van der Waals surface area (Å²) >= 11 is 6.98. The first kappa shape index (κ1) is 30.2. The van der Waals surface area contributed by atoms with Gasteiger partial charge in [-0.2, -0.15) is 0 Å². The van der Waals surface area contributed by atoms with Crippen molar-refractivity contribution in [3.05, 3.63) is 105 Å². The van der Waals surface area contributed by atoms with E-state index in [1.54, 1.807) is 17.2 Å². The molecular weight excluding hydrogens is 631 g/mol. The van der Waals surface area contributed by atoms with Gasteiger partial charge in [-0.3, -0.25) is 19.6 Å². The molecule has 48 heavy (non-hydrogen) atoms. The molecule has 10 nitrogen and oxygen atoms in total. The van der Waals surface area contributed by atoms with Crippen molar-refractivity contribution >= 4 is 45.5 Å². The summed E-state index contributed by atoms with van der Waals surface area (Å²) in [5.74, 6) is -0.619. The van der Waals surface area contributed by atoms with Crippen molar-refractivity contribution in [3.63, 3.8) is 0 Å². The maximum Gasteiger partial charge on any atom is 0.290 e. The van der Waals surface area contributed by atoms with Gasteiger partial charge in [-0.25, -0.2) is 14.4 Å². The lowest BCUT2D eigenvalue weighted by molar-refractivity contribution is 0.0657. The molecule has 0 fully saturated rings. The molecule has 0 radical (unpaired) electrons. The van der Waals surface area contributed by atoms with Crippen LogP contribution in [0.2, 0.25) is 5.02 Å². The number of hydrogen-bond acceptors (Lipinski definition) is 6. The molecule has 1 unspecified atom stereocenters. The maximum atomic E-state index is 14.5. The Kier molecular flexibility index (Phi) is 7.06. The monoisotopic (exact) mass is 662 g/mol. The van der Waals surface area contributed by atoms with E-state index in [-0.39, 0.29) is 41.1 Å². The minimum atomic E-state index is -0.449. The molecule has 0 saturated heterocycles. The number of rotatable bonds is 3. The van der Waals surface area contributed by atoms with Crippen molar-refractivity contribution < 1.29 is 14.0 Å². The summed E-state index contributed by atoms with van der Waals surface area (Å²) in [6.07, 6.45) is 4.89. The average molecular weight is 663 g/mol. The molecule has 12 heteroatoms. The number of imidazole rings is 2. The molecule has 2 aliphatic rings. The molecular formula is C36H32ClFN8O2. The van der Waals surface area contributed by atoms with E-state index in [0.29, 0.717) is 53.1 Å². The number of carbonyl (C=O) groups is 2. The number of aryl methyl sites for hydroxylation is 2. The molecule has 6 heterocycles. The Hall–Kier alpha value is -5.16. The summed E-state index contributed by atoms with van der Waals surface area (Å²) < 4.78 is 14.5. The van der Waals surface area contributed by atoms with Gasteiger partial charge in [0.15, 0.2) is 11.6 Å². The van der Waals surface area contributed by atoms with Gasteiger partial charge in [0.05, 0.1) is 28.1 Å². The van der Waals surface area contributed by atoms with Crippen LogP contribution >= 0.6 is 11.6 Å². The molecule has 0 bridgehead atoms. The Labute approximate surface area is 280 Å². The van der Waals surface area contributed by atoms with Crippen molar-refractivity contribution in [3.8, 4) is 11.1 Å². The smallest absolute Gasteiger partial charge is 0.290 e. The molecule has 0 saturated carbocycles. The number of halogens is 2. The fourth-order valence-electron chi connectivity index (χ4n) is 7.08. The Bertz CT molecular complexity index is 2270. The van der Waals surface area contributed by atoms with Gasteiger partial charge in [-0.15, -0.1) is 0 Å². The first-order valence-corrected chi connectivity index (χ1v) is 16.4. The predicted molar refractivity (Wildman–Crippen MR) is 180 cm³/mol. The van der Waals surface area contributed by atoms with E-state index >= 15 is 0 Å². The van der Waals surface area contributed by atoms with Crippen LogP contribution in [0.4, 0.5) is 4.39 Å². The number of aromatic nitrogens is 6. The fourth-order valence-corrected chi connectivity index (χ4v) is 7.40. The second kappa shape index (κ2) is 11.2. The molecule has 2 aromatic carbocycles. The number of H-pyrrole nitrogens is 2. The van der Waals surface area contributed by atoms with Crippen molar-refractivity contribution in [2.24, 2.45) is 0 Å². The third-order valence-electron chi connectivity index (χ3n) is 9.78. The van der Waals surface area contributed by atoms with Gasteiger partial charge >= 0.3 is 0 Å². The maximum absolute atomic E-state index is 14.5. The van der Waals surface area contributed by atoms with E-state index in [1.165, 1.54) is 6.07 Å². The Morgan fingerprint density at radius 2 is 1.46 bits per heavy atom. The summed E-state index contributed by atoms with van der Waals surface area (Å²) in [4.78, 5) is 55.4. The number of hydrogen-bond donors (Lipinski definition) is 2. The highest BCUT2D eigenvalue weighted by Crippen LogP contribution is 2.38. The fraction of sp³-hybridized carbons (Fsp3) is 0.278. The Morgan fingerprint density at radius 1 is 0.833 bits per heavy atom. The van der Waals surface area contributed by atoms with E-state index < -0.39 is 5.82 Å². The zero-order chi connectivity index (χ0) is 33.4. The number of nitrogens with zero attached hydrogens (tertiary/aromatic N) is 6. The van der Waals surface area contributed by atoms with Crippen LogP contribution in [0, 0.1) is 19.7 Å². The van der Waals surface area contributed by atoms with Crippen molar-refractivity contribution in [2.45, 2.75) is 52.6 Å². The minimum absolute atomic E-state index is 0.102. The topological polar surface area (TPSA) is 124 Å². The molecule has 2 N–H and O–H groups in total. The van der Waals surface area contributed by atoms with Gasteiger partial charge in [0.1, 0.15) is 16.9 Å². The molecule has 4 aromatic heterocycles. The number of benzene rings is 2. The van der Waals surface area contributed by atoms with E-state index in [4.69, 9.17) is 16.6 Å². The number of fused-ring (bicyclic) bond motifs is 4. The van der Waals surface area contributed by atoms with Gasteiger partial charge in [-0.05, 0) is 68.1 Å². The largest absolute Gasteiger partial charge is 0.334 e. The highest BCUT2D eigenvalue weighted by Gasteiger charge is 2.33. The standard InChI is InChI=1S/C36H32ClFN8O2/c1-17-13-23-19(3)45(11-9-26(23)39-15-17)35(47)33-41-28-8-6-22(29(37)32(28)44-33)21-14-24-20(4)46(12-10-27(24)40-16-21)36(48)34-42-30-18(2)5-7-25(38)31(30)43-34/h5-8,13-16,19-20H,9-12H2,1-4H3,(H,41,44)(H,42,43)/t19?,20-/m1/s1. The third-order valence-corrected chi connectivity index (χ3v) is 10.2. The van der Waals surface area contributed by atoms with E-state index in [0.717, 1.165) is 39.2 Å². The van der Waals surface area contributed by atoms with Crippen LogP contribution in [0.3, 0.4) is 0 Å². The summed E-state index contributed by atoms with van der Waals surface area (Å²) in [5.41, 5.74) is 9.02. The lowest BCUT2D eigenvalue weighted by Crippen LogP contribution is -2.39. The number of pyridine rings is 2. The lowest BCUT2D eigenvalue weighted by atomic mass is 9.94. The Morgan fingerprint density at radius 3 is 2.15 bits per heavy atom. The van der Waals surface area contributed by atoms with Gasteiger partial charge in [0, 0.05) is 60.8 Å². The first-order chi connectivity index (χ1) is 23.1. The van der Waals surface area contributed by atoms with Crippen LogP contribution < -0.4 is 0 Å². The molecule has 2 amide bonds. The van der Waals surface area contributed by atoms with Crippen LogP contribution in [0.25, 0.3) is 33.2 Å². The molecule has 0 spiro atoms. The Balaban J connectivity index is 1.08. The van der Waals surface area contributed by atoms with E-state index in [1.807, 2.05) is 57.0 Å². The van der Waals surface area contributed by atoms with Gasteiger partial charge in [0.2, 0.25) is 0 Å². The minimum Gasteiger partial charge on any atom is -0.334 e. The van der Waals surface area contributed by atoms with Crippen LogP contribution in [-0.2, 0) is 12.8 Å². The van der Waals surface area contributed by atoms with Crippen LogP contribution in [0.5, 0.6) is 0 Å². The second-order valence-corrected chi connectivity index (χ2v) is 13.1. The normalized spacial score (nSPS) is 17.5.